The van der Waals surface area contributed by atoms with Gasteiger partial charge in [-0.05, 0) is 47.5 Å². The Morgan fingerprint density at radius 2 is 1.79 bits per heavy atom. The Bertz CT molecular complexity index is 892. The third kappa shape index (κ3) is 4.31. The molecule has 1 aliphatic heterocycles. The van der Waals surface area contributed by atoms with Gasteiger partial charge in [0.1, 0.15) is 11.5 Å². The molecule has 0 fully saturated rings. The number of hydrogen-bond acceptors (Lipinski definition) is 5. The average Bonchev–Trinajstić information content (AvgIpc) is 3.17. The van der Waals surface area contributed by atoms with Crippen molar-refractivity contribution in [1.82, 2.24) is 5.01 Å². The van der Waals surface area contributed by atoms with Crippen LogP contribution in [0.1, 0.15) is 36.4 Å². The summed E-state index contributed by atoms with van der Waals surface area (Å²) in [7, 11) is 3.19. The molecule has 1 aliphatic rings. The van der Waals surface area contributed by atoms with Crippen molar-refractivity contribution in [3.63, 3.8) is 0 Å². The number of carboxylic acids is 1. The number of hydrogen-bond donors (Lipinski definition) is 1. The molecular formula is C21H22N2O5. The van der Waals surface area contributed by atoms with E-state index >= 15 is 0 Å². The van der Waals surface area contributed by atoms with Crippen LogP contribution in [0.15, 0.2) is 53.6 Å². The molecule has 3 rings (SSSR count). The summed E-state index contributed by atoms with van der Waals surface area (Å²) in [5, 5.41) is 14.8. The number of benzene rings is 2. The Kier molecular flexibility index (Phi) is 5.93. The maximum absolute atomic E-state index is 12.7. The van der Waals surface area contributed by atoms with Gasteiger partial charge >= 0.3 is 5.97 Å². The van der Waals surface area contributed by atoms with E-state index in [0.29, 0.717) is 12.2 Å². The Hall–Kier alpha value is -3.35. The number of carboxylic acid groups (broad SMARTS) is 1. The lowest BCUT2D eigenvalue weighted by Crippen LogP contribution is -2.27. The second-order valence-corrected chi connectivity index (χ2v) is 6.40. The van der Waals surface area contributed by atoms with Gasteiger partial charge in [-0.25, -0.2) is 5.01 Å². The maximum atomic E-state index is 12.7. The van der Waals surface area contributed by atoms with Crippen molar-refractivity contribution in [3.8, 4) is 11.5 Å². The van der Waals surface area contributed by atoms with Crippen LogP contribution in [0.5, 0.6) is 11.5 Å². The molecule has 146 valence electrons. The van der Waals surface area contributed by atoms with Crippen LogP contribution in [0, 0.1) is 0 Å². The van der Waals surface area contributed by atoms with Crippen LogP contribution in [0.4, 0.5) is 0 Å². The summed E-state index contributed by atoms with van der Waals surface area (Å²) in [5.74, 6) is 0.0954. The highest BCUT2D eigenvalue weighted by Crippen LogP contribution is 2.35. The minimum Gasteiger partial charge on any atom is -0.497 e. The van der Waals surface area contributed by atoms with Crippen molar-refractivity contribution in [1.29, 1.82) is 0 Å². The molecule has 28 heavy (non-hydrogen) atoms. The molecule has 0 bridgehead atoms. The first kappa shape index (κ1) is 19.4. The van der Waals surface area contributed by atoms with Crippen LogP contribution in [-0.4, -0.2) is 41.9 Å². The highest BCUT2D eigenvalue weighted by atomic mass is 16.5. The fourth-order valence-corrected chi connectivity index (χ4v) is 3.14. The van der Waals surface area contributed by atoms with Gasteiger partial charge in [0.2, 0.25) is 5.91 Å². The highest BCUT2D eigenvalue weighted by molar-refractivity contribution is 6.03. The molecule has 1 atom stereocenters. The van der Waals surface area contributed by atoms with E-state index in [0.717, 1.165) is 22.6 Å². The average molecular weight is 382 g/mol. The van der Waals surface area contributed by atoms with Crippen molar-refractivity contribution in [3.05, 3.63) is 59.7 Å². The Morgan fingerprint density at radius 1 is 1.07 bits per heavy atom. The number of carbonyl (C=O) groups is 2. The Labute approximate surface area is 163 Å². The number of amides is 1. The summed E-state index contributed by atoms with van der Waals surface area (Å²) in [5.41, 5.74) is 2.54. The van der Waals surface area contributed by atoms with Gasteiger partial charge in [0, 0.05) is 12.8 Å². The topological polar surface area (TPSA) is 88.4 Å². The zero-order valence-electron chi connectivity index (χ0n) is 15.8. The largest absolute Gasteiger partial charge is 0.497 e. The van der Waals surface area contributed by atoms with Crippen molar-refractivity contribution < 1.29 is 24.2 Å². The van der Waals surface area contributed by atoms with E-state index < -0.39 is 5.97 Å². The summed E-state index contributed by atoms with van der Waals surface area (Å²) in [6.07, 6.45) is 0.195. The van der Waals surface area contributed by atoms with E-state index in [1.807, 2.05) is 48.5 Å². The van der Waals surface area contributed by atoms with Gasteiger partial charge < -0.3 is 14.6 Å². The number of hydrazone groups is 1. The number of aliphatic carboxylic acids is 1. The predicted molar refractivity (Wildman–Crippen MR) is 104 cm³/mol. The standard InChI is InChI=1S/C21H22N2O5/c1-27-16-8-6-14(7-9-16)18-13-19(15-4-3-5-17(12-15)28-2)23(22-18)20(24)10-11-21(25)26/h3-9,12,19H,10-11,13H2,1-2H3,(H,25,26)/t19-/m1/s1. The second-order valence-electron chi connectivity index (χ2n) is 6.40. The third-order valence-electron chi connectivity index (χ3n) is 4.62. The Balaban J connectivity index is 1.91. The minimum atomic E-state index is -1.01. The van der Waals surface area contributed by atoms with Crippen molar-refractivity contribution in [2.75, 3.05) is 14.2 Å². The van der Waals surface area contributed by atoms with Crippen molar-refractivity contribution in [2.24, 2.45) is 5.10 Å². The molecule has 2 aromatic rings. The van der Waals surface area contributed by atoms with Gasteiger partial charge in [-0.1, -0.05) is 12.1 Å². The summed E-state index contributed by atoms with van der Waals surface area (Å²) < 4.78 is 10.5. The number of ether oxygens (including phenoxy) is 2. The molecular weight excluding hydrogens is 360 g/mol. The van der Waals surface area contributed by atoms with Crippen LogP contribution in [-0.2, 0) is 9.59 Å². The molecule has 0 unspecified atom stereocenters. The fourth-order valence-electron chi connectivity index (χ4n) is 3.14. The van der Waals surface area contributed by atoms with Crippen molar-refractivity contribution in [2.45, 2.75) is 25.3 Å². The van der Waals surface area contributed by atoms with Gasteiger partial charge in [-0.2, -0.15) is 5.10 Å². The van der Waals surface area contributed by atoms with Crippen molar-refractivity contribution >= 4 is 17.6 Å². The quantitative estimate of drug-likeness (QED) is 0.794. The first-order chi connectivity index (χ1) is 13.5. The number of rotatable bonds is 7. The number of methoxy groups -OCH3 is 2. The summed E-state index contributed by atoms with van der Waals surface area (Å²) in [4.78, 5) is 23.5. The molecule has 0 radical (unpaired) electrons. The Morgan fingerprint density at radius 3 is 2.43 bits per heavy atom. The van der Waals surface area contributed by atoms with E-state index in [2.05, 4.69) is 5.10 Å². The van der Waals surface area contributed by atoms with E-state index in [1.165, 1.54) is 5.01 Å². The highest BCUT2D eigenvalue weighted by Gasteiger charge is 2.33. The number of nitrogens with zero attached hydrogens (tertiary/aromatic N) is 2. The van der Waals surface area contributed by atoms with E-state index in [-0.39, 0.29) is 24.8 Å². The molecule has 1 amide bonds. The molecule has 0 saturated carbocycles. The first-order valence-corrected chi connectivity index (χ1v) is 8.91. The zero-order valence-corrected chi connectivity index (χ0v) is 15.8. The van der Waals surface area contributed by atoms with Crippen LogP contribution in [0.25, 0.3) is 0 Å². The van der Waals surface area contributed by atoms with Gasteiger partial charge in [-0.15, -0.1) is 0 Å². The maximum Gasteiger partial charge on any atom is 0.303 e. The molecule has 1 heterocycles. The predicted octanol–water partition coefficient (Wildman–Crippen LogP) is 3.25. The van der Waals surface area contributed by atoms with Gasteiger partial charge in [0.15, 0.2) is 0 Å². The van der Waals surface area contributed by atoms with E-state index in [1.54, 1.807) is 14.2 Å². The first-order valence-electron chi connectivity index (χ1n) is 8.91. The zero-order chi connectivity index (χ0) is 20.1. The summed E-state index contributed by atoms with van der Waals surface area (Å²) in [6.45, 7) is 0. The number of carbonyl (C=O) groups excluding carboxylic acids is 1. The normalized spacial score (nSPS) is 15.9. The lowest BCUT2D eigenvalue weighted by Gasteiger charge is -2.22. The fraction of sp³-hybridized carbons (Fsp3) is 0.286. The van der Waals surface area contributed by atoms with Crippen LogP contribution >= 0.6 is 0 Å². The molecule has 2 aromatic carbocycles. The SMILES string of the molecule is COc1ccc(C2=NN(C(=O)CCC(=O)O)[C@@H](c3cccc(OC)c3)C2)cc1. The van der Waals surface area contributed by atoms with E-state index in [4.69, 9.17) is 14.6 Å². The summed E-state index contributed by atoms with van der Waals surface area (Å²) in [6, 6.07) is 14.6. The molecule has 0 aliphatic carbocycles. The lowest BCUT2D eigenvalue weighted by atomic mass is 9.98. The third-order valence-corrected chi connectivity index (χ3v) is 4.62. The van der Waals surface area contributed by atoms with Gasteiger partial charge in [-0.3, -0.25) is 9.59 Å². The molecule has 0 aromatic heterocycles. The lowest BCUT2D eigenvalue weighted by molar-refractivity contribution is -0.141. The van der Waals surface area contributed by atoms with Gasteiger partial charge in [0.05, 0.1) is 32.4 Å². The molecule has 0 saturated heterocycles. The molecule has 0 spiro atoms. The smallest absolute Gasteiger partial charge is 0.303 e. The van der Waals surface area contributed by atoms with E-state index in [9.17, 15) is 9.59 Å². The van der Waals surface area contributed by atoms with Crippen LogP contribution in [0.3, 0.4) is 0 Å². The van der Waals surface area contributed by atoms with Crippen LogP contribution < -0.4 is 9.47 Å². The second kappa shape index (κ2) is 8.56. The monoisotopic (exact) mass is 382 g/mol. The minimum absolute atomic E-state index is 0.102. The summed E-state index contributed by atoms with van der Waals surface area (Å²) >= 11 is 0. The molecule has 1 N–H and O–H groups in total. The molecule has 7 heteroatoms. The van der Waals surface area contributed by atoms with Crippen LogP contribution in [0.2, 0.25) is 0 Å². The molecule has 7 nitrogen and oxygen atoms in total. The van der Waals surface area contributed by atoms with Gasteiger partial charge in [0.25, 0.3) is 0 Å².